The monoisotopic (exact) mass is 477 g/mol. The van der Waals surface area contributed by atoms with Crippen molar-refractivity contribution in [3.63, 3.8) is 0 Å². The van der Waals surface area contributed by atoms with Crippen LogP contribution in [0.15, 0.2) is 51.9 Å². The lowest BCUT2D eigenvalue weighted by atomic mass is 10.2. The number of amides is 2. The van der Waals surface area contributed by atoms with Crippen LogP contribution in [0.1, 0.15) is 32.1 Å². The van der Waals surface area contributed by atoms with Gasteiger partial charge in [-0.25, -0.2) is 4.98 Å². The topological polar surface area (TPSA) is 71.1 Å². The fourth-order valence-corrected chi connectivity index (χ4v) is 5.63. The Bertz CT molecular complexity index is 843. The van der Waals surface area contributed by atoms with Crippen molar-refractivity contribution in [3.8, 4) is 0 Å². The van der Waals surface area contributed by atoms with E-state index in [9.17, 15) is 9.59 Å². The molecule has 9 heteroatoms. The highest BCUT2D eigenvalue weighted by molar-refractivity contribution is 7.98. The van der Waals surface area contributed by atoms with E-state index in [4.69, 9.17) is 0 Å². The largest absolute Gasteiger partial charge is 0.350 e. The SMILES string of the molecule is O=C(NCCSCc1ccsc1)c1cccc(C(=O)NCCSCc2ccsc2)n1. The highest BCUT2D eigenvalue weighted by Gasteiger charge is 2.12. The predicted molar refractivity (Wildman–Crippen MR) is 130 cm³/mol. The lowest BCUT2D eigenvalue weighted by molar-refractivity contribution is 0.0947. The fraction of sp³-hybridized carbons (Fsp3) is 0.286. The zero-order chi connectivity index (χ0) is 21.0. The molecule has 158 valence electrons. The third kappa shape index (κ3) is 7.79. The van der Waals surface area contributed by atoms with Gasteiger partial charge in [-0.05, 0) is 56.9 Å². The summed E-state index contributed by atoms with van der Waals surface area (Å²) in [5, 5.41) is 14.1. The summed E-state index contributed by atoms with van der Waals surface area (Å²) in [6.45, 7) is 1.13. The molecule has 30 heavy (non-hydrogen) atoms. The number of aromatic nitrogens is 1. The van der Waals surface area contributed by atoms with Gasteiger partial charge in [0.2, 0.25) is 0 Å². The summed E-state index contributed by atoms with van der Waals surface area (Å²) in [6, 6.07) is 9.16. The van der Waals surface area contributed by atoms with E-state index in [1.165, 1.54) is 11.1 Å². The third-order valence-corrected chi connectivity index (χ3v) is 7.50. The van der Waals surface area contributed by atoms with Crippen LogP contribution in [0.5, 0.6) is 0 Å². The van der Waals surface area contributed by atoms with Crippen LogP contribution in [0.2, 0.25) is 0 Å². The van der Waals surface area contributed by atoms with Gasteiger partial charge >= 0.3 is 0 Å². The quantitative estimate of drug-likeness (QED) is 0.375. The van der Waals surface area contributed by atoms with Crippen LogP contribution in [0.25, 0.3) is 0 Å². The maximum absolute atomic E-state index is 12.3. The maximum Gasteiger partial charge on any atom is 0.269 e. The van der Waals surface area contributed by atoms with E-state index in [2.05, 4.69) is 49.3 Å². The molecule has 0 unspecified atom stereocenters. The summed E-state index contributed by atoms with van der Waals surface area (Å²) < 4.78 is 0. The average molecular weight is 478 g/mol. The summed E-state index contributed by atoms with van der Waals surface area (Å²) in [5.74, 6) is 3.02. The molecule has 5 nitrogen and oxygen atoms in total. The summed E-state index contributed by atoms with van der Waals surface area (Å²) in [6.07, 6.45) is 0. The zero-order valence-corrected chi connectivity index (χ0v) is 19.6. The number of rotatable bonds is 12. The van der Waals surface area contributed by atoms with E-state index in [-0.39, 0.29) is 23.2 Å². The van der Waals surface area contributed by atoms with E-state index in [1.54, 1.807) is 64.4 Å². The summed E-state index contributed by atoms with van der Waals surface area (Å²) in [4.78, 5) is 28.8. The highest BCUT2D eigenvalue weighted by atomic mass is 32.2. The molecule has 0 saturated heterocycles. The molecule has 3 rings (SSSR count). The van der Waals surface area contributed by atoms with Crippen LogP contribution in [0.3, 0.4) is 0 Å². The van der Waals surface area contributed by atoms with Gasteiger partial charge < -0.3 is 10.6 Å². The standard InChI is InChI=1S/C21H23N3O2S4/c25-20(22-6-10-29-14-16-4-8-27-12-16)18-2-1-3-19(24-18)21(26)23-7-11-30-15-17-5-9-28-13-17/h1-5,8-9,12-13H,6-7,10-11,14-15H2,(H,22,25)(H,23,26). The number of hydrogen-bond donors (Lipinski definition) is 2. The Kier molecular flexibility index (Phi) is 9.75. The number of hydrogen-bond acceptors (Lipinski definition) is 7. The number of nitrogens with one attached hydrogen (secondary N) is 2. The molecule has 3 aromatic heterocycles. The van der Waals surface area contributed by atoms with E-state index in [0.29, 0.717) is 13.1 Å². The van der Waals surface area contributed by atoms with Gasteiger partial charge in [0.1, 0.15) is 11.4 Å². The Balaban J connectivity index is 1.35. The maximum atomic E-state index is 12.3. The molecule has 0 aliphatic carbocycles. The smallest absolute Gasteiger partial charge is 0.269 e. The van der Waals surface area contributed by atoms with Crippen molar-refractivity contribution >= 4 is 58.0 Å². The van der Waals surface area contributed by atoms with Crippen LogP contribution < -0.4 is 10.6 Å². The van der Waals surface area contributed by atoms with Crippen molar-refractivity contribution in [2.75, 3.05) is 24.6 Å². The number of carbonyl (C=O) groups is 2. The van der Waals surface area contributed by atoms with Crippen molar-refractivity contribution in [1.82, 2.24) is 15.6 Å². The molecule has 0 aliphatic heterocycles. The molecule has 0 bridgehead atoms. The number of thiophene rings is 2. The Hall–Kier alpha value is -1.81. The van der Waals surface area contributed by atoms with Crippen molar-refractivity contribution < 1.29 is 9.59 Å². The fourth-order valence-electron chi connectivity index (χ4n) is 2.47. The van der Waals surface area contributed by atoms with Crippen molar-refractivity contribution in [3.05, 3.63) is 74.4 Å². The second-order valence-corrected chi connectivity index (χ2v) is 10.1. The molecular formula is C21H23N3O2S4. The molecule has 0 radical (unpaired) electrons. The first-order chi connectivity index (χ1) is 14.7. The van der Waals surface area contributed by atoms with Gasteiger partial charge in [-0.2, -0.15) is 46.2 Å². The highest BCUT2D eigenvalue weighted by Crippen LogP contribution is 2.15. The van der Waals surface area contributed by atoms with E-state index in [0.717, 1.165) is 23.0 Å². The van der Waals surface area contributed by atoms with Gasteiger partial charge in [0, 0.05) is 36.1 Å². The first kappa shape index (κ1) is 22.9. The summed E-state index contributed by atoms with van der Waals surface area (Å²) in [7, 11) is 0. The second kappa shape index (κ2) is 12.8. The minimum absolute atomic E-state index is 0.257. The van der Waals surface area contributed by atoms with Crippen molar-refractivity contribution in [1.29, 1.82) is 0 Å². The van der Waals surface area contributed by atoms with Gasteiger partial charge in [-0.1, -0.05) is 6.07 Å². The van der Waals surface area contributed by atoms with Crippen LogP contribution in [0.4, 0.5) is 0 Å². The van der Waals surface area contributed by atoms with Crippen LogP contribution in [-0.4, -0.2) is 41.4 Å². The first-order valence-corrected chi connectivity index (χ1v) is 13.6. The van der Waals surface area contributed by atoms with Crippen molar-refractivity contribution in [2.24, 2.45) is 0 Å². The average Bonchev–Trinajstić information content (AvgIpc) is 3.47. The molecular weight excluding hydrogens is 455 g/mol. The Morgan fingerprint density at radius 1 is 0.800 bits per heavy atom. The third-order valence-electron chi connectivity index (χ3n) is 3.98. The van der Waals surface area contributed by atoms with Gasteiger partial charge in [0.15, 0.2) is 0 Å². The normalized spacial score (nSPS) is 10.7. The van der Waals surface area contributed by atoms with Crippen LogP contribution >= 0.6 is 46.2 Å². The molecule has 2 N–H and O–H groups in total. The Labute approximate surface area is 193 Å². The van der Waals surface area contributed by atoms with Crippen LogP contribution in [0, 0.1) is 0 Å². The lowest BCUT2D eigenvalue weighted by Crippen LogP contribution is -2.29. The van der Waals surface area contributed by atoms with Gasteiger partial charge in [0.05, 0.1) is 0 Å². The Morgan fingerprint density at radius 3 is 1.73 bits per heavy atom. The number of pyridine rings is 1. The van der Waals surface area contributed by atoms with Crippen molar-refractivity contribution in [2.45, 2.75) is 11.5 Å². The van der Waals surface area contributed by atoms with Crippen LogP contribution in [-0.2, 0) is 11.5 Å². The molecule has 3 heterocycles. The summed E-state index contributed by atoms with van der Waals surface area (Å²) >= 11 is 6.93. The molecule has 0 aliphatic rings. The van der Waals surface area contributed by atoms with Gasteiger partial charge in [-0.15, -0.1) is 0 Å². The molecule has 0 aromatic carbocycles. The Morgan fingerprint density at radius 2 is 1.30 bits per heavy atom. The molecule has 2 amide bonds. The molecule has 3 aromatic rings. The minimum Gasteiger partial charge on any atom is -0.350 e. The van der Waals surface area contributed by atoms with E-state index >= 15 is 0 Å². The minimum atomic E-state index is -0.257. The second-order valence-electron chi connectivity index (χ2n) is 6.29. The van der Waals surface area contributed by atoms with E-state index < -0.39 is 0 Å². The zero-order valence-electron chi connectivity index (χ0n) is 16.3. The predicted octanol–water partition coefficient (Wildman–Crippen LogP) is 4.53. The molecule has 0 saturated carbocycles. The molecule has 0 spiro atoms. The first-order valence-electron chi connectivity index (χ1n) is 9.43. The number of carbonyl (C=O) groups excluding carboxylic acids is 2. The van der Waals surface area contributed by atoms with Gasteiger partial charge in [-0.3, -0.25) is 9.59 Å². The number of thioether (sulfide) groups is 2. The number of nitrogens with zero attached hydrogens (tertiary/aromatic N) is 1. The lowest BCUT2D eigenvalue weighted by Gasteiger charge is -2.07. The molecule has 0 fully saturated rings. The van der Waals surface area contributed by atoms with Gasteiger partial charge in [0.25, 0.3) is 11.8 Å². The summed E-state index contributed by atoms with van der Waals surface area (Å²) in [5.41, 5.74) is 3.14. The molecule has 0 atom stereocenters. The van der Waals surface area contributed by atoms with E-state index in [1.807, 2.05) is 0 Å².